The van der Waals surface area contributed by atoms with Crippen molar-refractivity contribution in [1.29, 1.82) is 0 Å². The third kappa shape index (κ3) is 5.47. The molecule has 1 amide bonds. The van der Waals surface area contributed by atoms with Gasteiger partial charge >= 0.3 is 0 Å². The Morgan fingerprint density at radius 2 is 2.10 bits per heavy atom. The molecule has 0 aliphatic heterocycles. The van der Waals surface area contributed by atoms with E-state index in [1.54, 1.807) is 11.8 Å². The number of carbonyl (C=O) groups is 1. The second-order valence-electron chi connectivity index (χ2n) is 4.74. The van der Waals surface area contributed by atoms with E-state index >= 15 is 0 Å². The number of hydrogen-bond donors (Lipinski definition) is 1. The Labute approximate surface area is 133 Å². The lowest BCUT2D eigenvalue weighted by Crippen LogP contribution is -2.12. The highest BCUT2D eigenvalue weighted by molar-refractivity contribution is 8.01. The van der Waals surface area contributed by atoms with Crippen molar-refractivity contribution >= 4 is 34.1 Å². The van der Waals surface area contributed by atoms with E-state index in [9.17, 15) is 4.79 Å². The topological polar surface area (TPSA) is 54.9 Å². The van der Waals surface area contributed by atoms with Gasteiger partial charge in [0.1, 0.15) is 0 Å². The fourth-order valence-electron chi connectivity index (χ4n) is 1.65. The van der Waals surface area contributed by atoms with Crippen LogP contribution in [0.5, 0.6) is 0 Å². The molecule has 0 bridgehead atoms. The minimum absolute atomic E-state index is 0.0184. The van der Waals surface area contributed by atoms with E-state index in [0.29, 0.717) is 16.8 Å². The van der Waals surface area contributed by atoms with Gasteiger partial charge in [0.2, 0.25) is 11.0 Å². The van der Waals surface area contributed by atoms with Gasteiger partial charge in [-0.1, -0.05) is 67.3 Å². The molecule has 0 spiro atoms. The van der Waals surface area contributed by atoms with E-state index in [-0.39, 0.29) is 5.91 Å². The number of aryl methyl sites for hydroxylation is 1. The first-order valence-corrected chi connectivity index (χ1v) is 8.71. The van der Waals surface area contributed by atoms with Crippen LogP contribution in [0.25, 0.3) is 0 Å². The van der Waals surface area contributed by atoms with Crippen LogP contribution in [0.3, 0.4) is 0 Å². The zero-order valence-electron chi connectivity index (χ0n) is 12.2. The Balaban J connectivity index is 1.80. The molecule has 1 atom stereocenters. The summed E-state index contributed by atoms with van der Waals surface area (Å²) in [7, 11) is 0. The molecule has 1 N–H and O–H groups in total. The molecule has 1 aromatic heterocycles. The summed E-state index contributed by atoms with van der Waals surface area (Å²) in [6, 6.07) is 9.99. The maximum atomic E-state index is 11.9. The minimum atomic E-state index is -0.0184. The molecule has 0 radical (unpaired) electrons. The van der Waals surface area contributed by atoms with Gasteiger partial charge in [0.15, 0.2) is 4.34 Å². The van der Waals surface area contributed by atoms with Crippen molar-refractivity contribution in [3.8, 4) is 0 Å². The Bertz CT molecular complexity index is 571. The number of nitrogens with one attached hydrogen (secondary N) is 1. The van der Waals surface area contributed by atoms with Crippen LogP contribution in [0.4, 0.5) is 5.13 Å². The van der Waals surface area contributed by atoms with Crippen LogP contribution in [0.15, 0.2) is 34.7 Å². The normalized spacial score (nSPS) is 12.1. The van der Waals surface area contributed by atoms with Gasteiger partial charge in [0.05, 0.1) is 0 Å². The highest BCUT2D eigenvalue weighted by atomic mass is 32.2. The summed E-state index contributed by atoms with van der Waals surface area (Å²) in [5, 5.41) is 12.0. The van der Waals surface area contributed by atoms with E-state index in [2.05, 4.69) is 29.4 Å². The van der Waals surface area contributed by atoms with Crippen LogP contribution in [-0.2, 0) is 11.2 Å². The molecule has 2 aromatic rings. The predicted molar refractivity (Wildman–Crippen MR) is 88.9 cm³/mol. The van der Waals surface area contributed by atoms with Gasteiger partial charge < -0.3 is 5.32 Å². The first-order chi connectivity index (χ1) is 10.2. The Hall–Kier alpha value is -1.40. The Morgan fingerprint density at radius 3 is 2.81 bits per heavy atom. The molecule has 0 saturated heterocycles. The van der Waals surface area contributed by atoms with Gasteiger partial charge in [0.25, 0.3) is 0 Å². The van der Waals surface area contributed by atoms with E-state index in [1.165, 1.54) is 11.3 Å². The van der Waals surface area contributed by atoms with Crippen LogP contribution in [0.1, 0.15) is 32.3 Å². The zero-order valence-corrected chi connectivity index (χ0v) is 13.8. The van der Waals surface area contributed by atoms with Gasteiger partial charge in [-0.15, -0.1) is 10.2 Å². The molecular weight excluding hydrogens is 302 g/mol. The van der Waals surface area contributed by atoms with E-state index in [0.717, 1.165) is 22.7 Å². The summed E-state index contributed by atoms with van der Waals surface area (Å²) in [4.78, 5) is 11.9. The third-order valence-corrected chi connectivity index (χ3v) is 5.20. The first kappa shape index (κ1) is 16.0. The molecule has 4 nitrogen and oxygen atoms in total. The lowest BCUT2D eigenvalue weighted by Gasteiger charge is -2.03. The maximum Gasteiger partial charge on any atom is 0.226 e. The fraction of sp³-hybridized carbons (Fsp3) is 0.400. The highest BCUT2D eigenvalue weighted by Gasteiger charge is 2.10. The number of aromatic nitrogens is 2. The first-order valence-electron chi connectivity index (χ1n) is 7.01. The van der Waals surface area contributed by atoms with Gasteiger partial charge in [-0.05, 0) is 18.4 Å². The highest BCUT2D eigenvalue weighted by Crippen LogP contribution is 2.29. The van der Waals surface area contributed by atoms with E-state index in [1.807, 2.05) is 30.3 Å². The molecule has 112 valence electrons. The molecule has 0 fully saturated rings. The molecule has 1 aromatic carbocycles. The van der Waals surface area contributed by atoms with Crippen molar-refractivity contribution < 1.29 is 4.79 Å². The quantitative estimate of drug-likeness (QED) is 0.618. The Kier molecular flexibility index (Phi) is 6.20. The van der Waals surface area contributed by atoms with Crippen molar-refractivity contribution in [3.63, 3.8) is 0 Å². The summed E-state index contributed by atoms with van der Waals surface area (Å²) in [6.45, 7) is 4.30. The molecule has 0 aliphatic rings. The van der Waals surface area contributed by atoms with Gasteiger partial charge in [-0.25, -0.2) is 0 Å². The smallest absolute Gasteiger partial charge is 0.226 e. The average molecular weight is 321 g/mol. The molecule has 0 unspecified atom stereocenters. The van der Waals surface area contributed by atoms with Crippen molar-refractivity contribution in [2.75, 3.05) is 5.32 Å². The van der Waals surface area contributed by atoms with Crippen molar-refractivity contribution in [1.82, 2.24) is 10.2 Å². The predicted octanol–water partition coefficient (Wildman–Crippen LogP) is 4.00. The number of rotatable bonds is 7. The second kappa shape index (κ2) is 8.14. The maximum absolute atomic E-state index is 11.9. The number of benzene rings is 1. The number of anilines is 1. The Morgan fingerprint density at radius 1 is 1.33 bits per heavy atom. The van der Waals surface area contributed by atoms with Crippen LogP contribution < -0.4 is 5.32 Å². The van der Waals surface area contributed by atoms with Crippen LogP contribution >= 0.6 is 23.1 Å². The summed E-state index contributed by atoms with van der Waals surface area (Å²) in [5.41, 5.74) is 1.16. The standard InChI is InChI=1S/C15H19N3OS2/c1-3-11(2)20-15-18-17-14(21-15)16-13(19)10-9-12-7-5-4-6-8-12/h4-8,11H,3,9-10H2,1-2H3,(H,16,17,19)/t11-/m0/s1. The third-order valence-electron chi connectivity index (χ3n) is 3.01. The van der Waals surface area contributed by atoms with Gasteiger partial charge in [-0.2, -0.15) is 0 Å². The van der Waals surface area contributed by atoms with Crippen LogP contribution in [0, 0.1) is 0 Å². The molecule has 0 aliphatic carbocycles. The fourth-order valence-corrected chi connectivity index (χ4v) is 3.66. The molecule has 0 saturated carbocycles. The van der Waals surface area contributed by atoms with Crippen molar-refractivity contribution in [2.45, 2.75) is 42.7 Å². The summed E-state index contributed by atoms with van der Waals surface area (Å²) in [5.74, 6) is -0.0184. The monoisotopic (exact) mass is 321 g/mol. The summed E-state index contributed by atoms with van der Waals surface area (Å²) < 4.78 is 0.905. The lowest BCUT2D eigenvalue weighted by molar-refractivity contribution is -0.116. The lowest BCUT2D eigenvalue weighted by atomic mass is 10.1. The van der Waals surface area contributed by atoms with Crippen molar-refractivity contribution in [2.24, 2.45) is 0 Å². The van der Waals surface area contributed by atoms with E-state index in [4.69, 9.17) is 0 Å². The number of amides is 1. The van der Waals surface area contributed by atoms with Gasteiger partial charge in [0, 0.05) is 11.7 Å². The number of thioether (sulfide) groups is 1. The minimum Gasteiger partial charge on any atom is -0.300 e. The van der Waals surface area contributed by atoms with Crippen LogP contribution in [-0.4, -0.2) is 21.4 Å². The molecule has 6 heteroatoms. The largest absolute Gasteiger partial charge is 0.300 e. The molecule has 1 heterocycles. The zero-order chi connectivity index (χ0) is 15.1. The van der Waals surface area contributed by atoms with Crippen LogP contribution in [0.2, 0.25) is 0 Å². The number of nitrogens with zero attached hydrogens (tertiary/aromatic N) is 2. The molecular formula is C15H19N3OS2. The second-order valence-corrected chi connectivity index (χ2v) is 7.41. The number of carbonyl (C=O) groups excluding carboxylic acids is 1. The molecule has 21 heavy (non-hydrogen) atoms. The summed E-state index contributed by atoms with van der Waals surface area (Å²) >= 11 is 3.13. The van der Waals surface area contributed by atoms with Gasteiger partial charge in [-0.3, -0.25) is 4.79 Å². The summed E-state index contributed by atoms with van der Waals surface area (Å²) in [6.07, 6.45) is 2.28. The molecule has 2 rings (SSSR count). The average Bonchev–Trinajstić information content (AvgIpc) is 2.93. The SMILES string of the molecule is CC[C@H](C)Sc1nnc(NC(=O)CCc2ccccc2)s1. The van der Waals surface area contributed by atoms with E-state index < -0.39 is 0 Å². The number of hydrogen-bond acceptors (Lipinski definition) is 5. The van der Waals surface area contributed by atoms with Crippen molar-refractivity contribution in [3.05, 3.63) is 35.9 Å².